The number of anilines is 2. The third kappa shape index (κ3) is 3.05. The number of aliphatic hydroxyl groups is 1. The van der Waals surface area contributed by atoms with Crippen LogP contribution in [0.2, 0.25) is 0 Å². The van der Waals surface area contributed by atoms with Crippen LogP contribution < -0.4 is 10.6 Å². The molecule has 2 rings (SSSR count). The number of nitrogens with zero attached hydrogens (tertiary/aromatic N) is 1. The Morgan fingerprint density at radius 3 is 2.75 bits per heavy atom. The zero-order valence-corrected chi connectivity index (χ0v) is 13.4. The molecule has 0 spiro atoms. The van der Waals surface area contributed by atoms with E-state index in [0.29, 0.717) is 17.2 Å². The Balaban J connectivity index is 2.28. The van der Waals surface area contributed by atoms with Crippen LogP contribution in [0.15, 0.2) is 4.90 Å². The fourth-order valence-electron chi connectivity index (χ4n) is 2.24. The van der Waals surface area contributed by atoms with E-state index in [9.17, 15) is 9.90 Å². The van der Waals surface area contributed by atoms with E-state index < -0.39 is 0 Å². The van der Waals surface area contributed by atoms with Gasteiger partial charge in [0.1, 0.15) is 9.88 Å². The third-order valence-corrected chi connectivity index (χ3v) is 5.50. The van der Waals surface area contributed by atoms with Gasteiger partial charge >= 0.3 is 5.97 Å². The van der Waals surface area contributed by atoms with Gasteiger partial charge in [-0.05, 0) is 26.0 Å². The molecule has 1 aromatic heterocycles. The maximum absolute atomic E-state index is 11.9. The van der Waals surface area contributed by atoms with E-state index in [-0.39, 0.29) is 12.1 Å². The molecule has 7 heteroatoms. The third-order valence-electron chi connectivity index (χ3n) is 3.30. The van der Waals surface area contributed by atoms with E-state index in [1.54, 1.807) is 18.7 Å². The molecule has 0 unspecified atom stereocenters. The standard InChI is InChI=1S/C13H20N2O3S2/c1-3-18-13(17)11-9(14)10(19-2)12(20-11)15-6-4-8(16)5-7-15/h8,16H,3-7,14H2,1-2H3. The van der Waals surface area contributed by atoms with Gasteiger partial charge in [0.15, 0.2) is 0 Å². The first-order valence-electron chi connectivity index (χ1n) is 6.64. The van der Waals surface area contributed by atoms with E-state index in [1.807, 2.05) is 6.26 Å². The fraction of sp³-hybridized carbons (Fsp3) is 0.615. The average Bonchev–Trinajstić information content (AvgIpc) is 2.77. The summed E-state index contributed by atoms with van der Waals surface area (Å²) in [5.74, 6) is -0.353. The first kappa shape index (κ1) is 15.5. The summed E-state index contributed by atoms with van der Waals surface area (Å²) < 4.78 is 5.05. The molecule has 2 heterocycles. The number of ether oxygens (including phenoxy) is 1. The van der Waals surface area contributed by atoms with Gasteiger partial charge in [0.05, 0.1) is 23.3 Å². The monoisotopic (exact) mass is 316 g/mol. The second-order valence-corrected chi connectivity index (χ2v) is 6.44. The summed E-state index contributed by atoms with van der Waals surface area (Å²) in [4.78, 5) is 15.5. The number of hydrogen-bond acceptors (Lipinski definition) is 7. The average molecular weight is 316 g/mol. The van der Waals surface area contributed by atoms with Crippen LogP contribution in [0.25, 0.3) is 0 Å². The fourth-order valence-corrected chi connectivity index (χ4v) is 4.37. The van der Waals surface area contributed by atoms with Crippen molar-refractivity contribution in [2.75, 3.05) is 36.6 Å². The topological polar surface area (TPSA) is 75.8 Å². The highest BCUT2D eigenvalue weighted by molar-refractivity contribution is 7.99. The predicted molar refractivity (Wildman–Crippen MR) is 83.9 cm³/mol. The number of rotatable bonds is 4. The molecule has 0 saturated carbocycles. The Kier molecular flexibility index (Phi) is 5.17. The molecule has 0 aromatic carbocycles. The predicted octanol–water partition coefficient (Wildman–Crippen LogP) is 2.19. The van der Waals surface area contributed by atoms with Gasteiger partial charge < -0.3 is 20.5 Å². The SMILES string of the molecule is CCOC(=O)c1sc(N2CCC(O)CC2)c(SC)c1N. The van der Waals surface area contributed by atoms with Crippen molar-refractivity contribution in [2.45, 2.75) is 30.8 Å². The number of piperidine rings is 1. The minimum atomic E-state index is -0.353. The van der Waals surface area contributed by atoms with Gasteiger partial charge in [0.2, 0.25) is 0 Å². The molecule has 3 N–H and O–H groups in total. The summed E-state index contributed by atoms with van der Waals surface area (Å²) in [6.45, 7) is 3.70. The number of nitrogens with two attached hydrogens (primary N) is 1. The van der Waals surface area contributed by atoms with Gasteiger partial charge in [-0.2, -0.15) is 0 Å². The van der Waals surface area contributed by atoms with Crippen molar-refractivity contribution in [1.82, 2.24) is 0 Å². The minimum absolute atomic E-state index is 0.217. The second kappa shape index (κ2) is 6.69. The molecule has 20 heavy (non-hydrogen) atoms. The largest absolute Gasteiger partial charge is 0.462 e. The van der Waals surface area contributed by atoms with Gasteiger partial charge in [0.25, 0.3) is 0 Å². The van der Waals surface area contributed by atoms with Crippen LogP contribution >= 0.6 is 23.1 Å². The highest BCUT2D eigenvalue weighted by Gasteiger charge is 2.27. The van der Waals surface area contributed by atoms with Crippen LogP contribution in [-0.2, 0) is 4.74 Å². The molecular weight excluding hydrogens is 296 g/mol. The van der Waals surface area contributed by atoms with E-state index >= 15 is 0 Å². The van der Waals surface area contributed by atoms with Gasteiger partial charge in [-0.25, -0.2) is 4.79 Å². The summed E-state index contributed by atoms with van der Waals surface area (Å²) in [6.07, 6.45) is 3.24. The lowest BCUT2D eigenvalue weighted by Gasteiger charge is -2.30. The Bertz CT molecular complexity index is 482. The lowest BCUT2D eigenvalue weighted by Crippen LogP contribution is -2.35. The second-order valence-electron chi connectivity index (χ2n) is 4.62. The first-order valence-corrected chi connectivity index (χ1v) is 8.69. The molecule has 5 nitrogen and oxygen atoms in total. The zero-order chi connectivity index (χ0) is 14.7. The van der Waals surface area contributed by atoms with Gasteiger partial charge in [0, 0.05) is 13.1 Å². The zero-order valence-electron chi connectivity index (χ0n) is 11.7. The lowest BCUT2D eigenvalue weighted by molar-refractivity contribution is 0.0533. The number of thiophene rings is 1. The summed E-state index contributed by atoms with van der Waals surface area (Å²) in [5.41, 5.74) is 6.61. The molecule has 112 valence electrons. The molecule has 0 radical (unpaired) electrons. The van der Waals surface area contributed by atoms with Crippen LogP contribution in [0, 0.1) is 0 Å². The van der Waals surface area contributed by atoms with Gasteiger partial charge in [-0.1, -0.05) is 0 Å². The number of aliphatic hydroxyl groups excluding tert-OH is 1. The molecule has 1 aliphatic heterocycles. The number of nitrogen functional groups attached to an aromatic ring is 1. The number of carbonyl (C=O) groups is 1. The van der Waals surface area contributed by atoms with Crippen molar-refractivity contribution in [3.8, 4) is 0 Å². The van der Waals surface area contributed by atoms with Crippen molar-refractivity contribution in [3.63, 3.8) is 0 Å². The summed E-state index contributed by atoms with van der Waals surface area (Å²) in [7, 11) is 0. The molecular formula is C13H20N2O3S2. The van der Waals surface area contributed by atoms with Crippen LogP contribution in [0.3, 0.4) is 0 Å². The van der Waals surface area contributed by atoms with E-state index in [2.05, 4.69) is 4.90 Å². The van der Waals surface area contributed by atoms with E-state index in [1.165, 1.54) is 11.3 Å². The van der Waals surface area contributed by atoms with Crippen LogP contribution in [0.4, 0.5) is 10.7 Å². The molecule has 0 aliphatic carbocycles. The van der Waals surface area contributed by atoms with Crippen molar-refractivity contribution in [3.05, 3.63) is 4.88 Å². The van der Waals surface area contributed by atoms with Gasteiger partial charge in [-0.15, -0.1) is 23.1 Å². The molecule has 1 fully saturated rings. The Hall–Kier alpha value is -0.920. The minimum Gasteiger partial charge on any atom is -0.462 e. The number of hydrogen-bond donors (Lipinski definition) is 2. The Morgan fingerprint density at radius 1 is 1.55 bits per heavy atom. The van der Waals surface area contributed by atoms with Crippen LogP contribution in [0.5, 0.6) is 0 Å². The maximum atomic E-state index is 11.9. The smallest absolute Gasteiger partial charge is 0.350 e. The van der Waals surface area contributed by atoms with E-state index in [0.717, 1.165) is 35.8 Å². The summed E-state index contributed by atoms with van der Waals surface area (Å²) in [5, 5.41) is 10.6. The number of thioether (sulfide) groups is 1. The van der Waals surface area contributed by atoms with Crippen LogP contribution in [0.1, 0.15) is 29.4 Å². The highest BCUT2D eigenvalue weighted by atomic mass is 32.2. The molecule has 0 atom stereocenters. The number of esters is 1. The van der Waals surface area contributed by atoms with Crippen LogP contribution in [-0.4, -0.2) is 43.1 Å². The van der Waals surface area contributed by atoms with Gasteiger partial charge in [-0.3, -0.25) is 0 Å². The molecule has 1 saturated heterocycles. The van der Waals surface area contributed by atoms with E-state index in [4.69, 9.17) is 10.5 Å². The maximum Gasteiger partial charge on any atom is 0.350 e. The van der Waals surface area contributed by atoms with Crippen molar-refractivity contribution >= 4 is 39.8 Å². The molecule has 1 aliphatic rings. The normalized spacial score (nSPS) is 16.4. The van der Waals surface area contributed by atoms with Crippen molar-refractivity contribution in [2.24, 2.45) is 0 Å². The van der Waals surface area contributed by atoms with Crippen molar-refractivity contribution in [1.29, 1.82) is 0 Å². The lowest BCUT2D eigenvalue weighted by atomic mass is 10.1. The molecule has 1 aromatic rings. The number of carbonyl (C=O) groups excluding carboxylic acids is 1. The Morgan fingerprint density at radius 2 is 2.20 bits per heavy atom. The highest BCUT2D eigenvalue weighted by Crippen LogP contribution is 2.44. The molecule has 0 bridgehead atoms. The summed E-state index contributed by atoms with van der Waals surface area (Å²) >= 11 is 2.94. The first-order chi connectivity index (χ1) is 9.58. The quantitative estimate of drug-likeness (QED) is 0.655. The van der Waals surface area contributed by atoms with Crippen molar-refractivity contribution < 1.29 is 14.6 Å². The Labute approximate surface area is 127 Å². The molecule has 0 amide bonds. The summed E-state index contributed by atoms with van der Waals surface area (Å²) in [6, 6.07) is 0.